The van der Waals surface area contributed by atoms with E-state index in [4.69, 9.17) is 0 Å². The highest BCUT2D eigenvalue weighted by atomic mass is 32.2. The van der Waals surface area contributed by atoms with Crippen molar-refractivity contribution in [1.29, 1.82) is 0 Å². The average Bonchev–Trinajstić information content (AvgIpc) is 2.52. The van der Waals surface area contributed by atoms with Crippen LogP contribution in [0.15, 0.2) is 42.5 Å². The number of non-ortho nitro benzene ring substituents is 1. The number of rotatable bonds is 6. The Balaban J connectivity index is 2.37. The topological polar surface area (TPSA) is 110 Å². The fraction of sp³-hybridized carbons (Fsp3) is 0.278. The molecule has 27 heavy (non-hydrogen) atoms. The first-order chi connectivity index (χ1) is 12.5. The third kappa shape index (κ3) is 5.04. The van der Waals surface area contributed by atoms with E-state index in [1.165, 1.54) is 25.1 Å². The second-order valence-electron chi connectivity index (χ2n) is 6.38. The van der Waals surface area contributed by atoms with Gasteiger partial charge in [0.25, 0.3) is 5.69 Å². The zero-order chi connectivity index (χ0) is 20.4. The number of nitrogens with zero attached hydrogens (tertiary/aromatic N) is 2. The molecule has 0 saturated carbocycles. The molecule has 1 N–H and O–H groups in total. The van der Waals surface area contributed by atoms with Crippen molar-refractivity contribution in [2.75, 3.05) is 15.9 Å². The first-order valence-corrected chi connectivity index (χ1v) is 9.97. The van der Waals surface area contributed by atoms with E-state index in [0.717, 1.165) is 27.8 Å². The molecule has 0 aliphatic rings. The van der Waals surface area contributed by atoms with Gasteiger partial charge in [-0.2, -0.15) is 0 Å². The van der Waals surface area contributed by atoms with E-state index in [2.05, 4.69) is 5.32 Å². The summed E-state index contributed by atoms with van der Waals surface area (Å²) in [6.07, 6.45) is 0.951. The van der Waals surface area contributed by atoms with Crippen LogP contribution in [0.4, 0.5) is 17.1 Å². The van der Waals surface area contributed by atoms with Crippen LogP contribution in [0.3, 0.4) is 0 Å². The molecule has 2 aromatic rings. The van der Waals surface area contributed by atoms with Crippen molar-refractivity contribution >= 4 is 33.0 Å². The number of sulfonamides is 1. The molecular formula is C18H21N3O5S. The third-order valence-electron chi connectivity index (χ3n) is 3.87. The fourth-order valence-electron chi connectivity index (χ4n) is 2.85. The number of hydrogen-bond acceptors (Lipinski definition) is 5. The van der Waals surface area contributed by atoms with Gasteiger partial charge in [-0.3, -0.25) is 19.2 Å². The largest absolute Gasteiger partial charge is 0.324 e. The summed E-state index contributed by atoms with van der Waals surface area (Å²) in [6, 6.07) is 9.56. The summed E-state index contributed by atoms with van der Waals surface area (Å²) in [5.74, 6) is -0.545. The zero-order valence-corrected chi connectivity index (χ0v) is 16.3. The Kier molecular flexibility index (Phi) is 5.85. The molecule has 1 atom stereocenters. The predicted molar refractivity (Wildman–Crippen MR) is 104 cm³/mol. The van der Waals surface area contributed by atoms with Crippen LogP contribution < -0.4 is 9.62 Å². The maximum atomic E-state index is 12.7. The second-order valence-corrected chi connectivity index (χ2v) is 8.24. The molecule has 0 radical (unpaired) electrons. The Morgan fingerprint density at radius 3 is 2.26 bits per heavy atom. The number of anilines is 2. The van der Waals surface area contributed by atoms with Crippen LogP contribution in [0.2, 0.25) is 0 Å². The lowest BCUT2D eigenvalue weighted by Crippen LogP contribution is -2.45. The minimum Gasteiger partial charge on any atom is -0.324 e. The molecule has 0 aliphatic carbocycles. The van der Waals surface area contributed by atoms with E-state index in [1.807, 2.05) is 19.9 Å². The number of carbonyl (C=O) groups is 1. The van der Waals surface area contributed by atoms with Gasteiger partial charge < -0.3 is 5.32 Å². The molecule has 0 aromatic heterocycles. The van der Waals surface area contributed by atoms with Crippen molar-refractivity contribution in [3.05, 3.63) is 63.7 Å². The average molecular weight is 391 g/mol. The summed E-state index contributed by atoms with van der Waals surface area (Å²) in [5, 5.41) is 13.7. The van der Waals surface area contributed by atoms with Crippen molar-refractivity contribution in [2.45, 2.75) is 26.8 Å². The number of benzene rings is 2. The molecular weight excluding hydrogens is 370 g/mol. The molecule has 0 bridgehead atoms. The van der Waals surface area contributed by atoms with Crippen LogP contribution in [-0.2, 0) is 14.8 Å². The molecule has 144 valence electrons. The highest BCUT2D eigenvalue weighted by Gasteiger charge is 2.30. The second kappa shape index (κ2) is 7.75. The van der Waals surface area contributed by atoms with Gasteiger partial charge in [0, 0.05) is 17.8 Å². The van der Waals surface area contributed by atoms with E-state index < -0.39 is 26.9 Å². The van der Waals surface area contributed by atoms with E-state index in [1.54, 1.807) is 12.1 Å². The van der Waals surface area contributed by atoms with E-state index >= 15 is 0 Å². The van der Waals surface area contributed by atoms with Crippen LogP contribution in [0.5, 0.6) is 0 Å². The monoisotopic (exact) mass is 391 g/mol. The maximum Gasteiger partial charge on any atom is 0.271 e. The van der Waals surface area contributed by atoms with Crippen LogP contribution >= 0.6 is 0 Å². The van der Waals surface area contributed by atoms with Gasteiger partial charge in [0.1, 0.15) is 6.04 Å². The Morgan fingerprint density at radius 2 is 1.74 bits per heavy atom. The molecule has 1 amide bonds. The van der Waals surface area contributed by atoms with Crippen molar-refractivity contribution in [3.63, 3.8) is 0 Å². The van der Waals surface area contributed by atoms with Crippen molar-refractivity contribution < 1.29 is 18.1 Å². The van der Waals surface area contributed by atoms with Gasteiger partial charge in [-0.05, 0) is 50.1 Å². The number of nitrogens with one attached hydrogen (secondary N) is 1. The van der Waals surface area contributed by atoms with Crippen LogP contribution in [0.25, 0.3) is 0 Å². The van der Waals surface area contributed by atoms with Crippen molar-refractivity contribution in [3.8, 4) is 0 Å². The van der Waals surface area contributed by atoms with E-state index in [-0.39, 0.29) is 11.4 Å². The number of hydrogen-bond donors (Lipinski definition) is 1. The van der Waals surface area contributed by atoms with Gasteiger partial charge in [-0.15, -0.1) is 0 Å². The first kappa shape index (κ1) is 20.4. The van der Waals surface area contributed by atoms with Crippen LogP contribution in [0.1, 0.15) is 18.1 Å². The number of carbonyl (C=O) groups excluding carboxylic acids is 1. The van der Waals surface area contributed by atoms with Gasteiger partial charge in [-0.25, -0.2) is 8.42 Å². The summed E-state index contributed by atoms with van der Waals surface area (Å²) < 4.78 is 25.5. The number of nitro groups is 1. The smallest absolute Gasteiger partial charge is 0.271 e. The standard InChI is InChI=1S/C18H21N3O5S/c1-12-8-13(2)10-15(9-12)19-18(22)14(3)20(27(4,25)26)16-6-5-7-17(11-16)21(23)24/h5-11,14H,1-4H3,(H,19,22). The fourth-order valence-corrected chi connectivity index (χ4v) is 4.01. The molecule has 9 heteroatoms. The number of amides is 1. The molecule has 0 fully saturated rings. The lowest BCUT2D eigenvalue weighted by molar-refractivity contribution is -0.384. The molecule has 0 aliphatic heterocycles. The summed E-state index contributed by atoms with van der Waals surface area (Å²) in [5.41, 5.74) is 2.25. The normalized spacial score (nSPS) is 12.3. The summed E-state index contributed by atoms with van der Waals surface area (Å²) in [4.78, 5) is 23.0. The Hall–Kier alpha value is -2.94. The molecule has 0 heterocycles. The Bertz CT molecular complexity index is 968. The molecule has 0 saturated heterocycles. The number of aryl methyl sites for hydroxylation is 2. The SMILES string of the molecule is Cc1cc(C)cc(NC(=O)C(C)N(c2cccc([N+](=O)[O-])c2)S(C)(=O)=O)c1. The van der Waals surface area contributed by atoms with E-state index in [9.17, 15) is 23.3 Å². The highest BCUT2D eigenvalue weighted by molar-refractivity contribution is 7.92. The molecule has 2 aromatic carbocycles. The first-order valence-electron chi connectivity index (χ1n) is 8.12. The van der Waals surface area contributed by atoms with Crippen molar-refractivity contribution in [1.82, 2.24) is 0 Å². The van der Waals surface area contributed by atoms with E-state index in [0.29, 0.717) is 5.69 Å². The maximum absolute atomic E-state index is 12.7. The van der Waals surface area contributed by atoms with Crippen molar-refractivity contribution in [2.24, 2.45) is 0 Å². The van der Waals surface area contributed by atoms with Gasteiger partial charge >= 0.3 is 0 Å². The molecule has 0 spiro atoms. The minimum atomic E-state index is -3.86. The van der Waals surface area contributed by atoms with Gasteiger partial charge in [0.2, 0.25) is 15.9 Å². The van der Waals surface area contributed by atoms with Crippen LogP contribution in [-0.4, -0.2) is 31.5 Å². The molecule has 8 nitrogen and oxygen atoms in total. The zero-order valence-electron chi connectivity index (χ0n) is 15.5. The van der Waals surface area contributed by atoms with Gasteiger partial charge in [0.05, 0.1) is 16.9 Å². The Labute approximate surface area is 158 Å². The van der Waals surface area contributed by atoms with Gasteiger partial charge in [-0.1, -0.05) is 12.1 Å². The van der Waals surface area contributed by atoms with Crippen LogP contribution in [0, 0.1) is 24.0 Å². The third-order valence-corrected chi connectivity index (χ3v) is 5.11. The lowest BCUT2D eigenvalue weighted by atomic mass is 10.1. The van der Waals surface area contributed by atoms with Gasteiger partial charge in [0.15, 0.2) is 0 Å². The predicted octanol–water partition coefficient (Wildman–Crippen LogP) is 3.00. The quantitative estimate of drug-likeness (QED) is 0.601. The Morgan fingerprint density at radius 1 is 1.15 bits per heavy atom. The lowest BCUT2D eigenvalue weighted by Gasteiger charge is -2.28. The summed E-state index contributed by atoms with van der Waals surface area (Å²) in [6.45, 7) is 5.20. The molecule has 2 rings (SSSR count). The summed E-state index contributed by atoms with van der Waals surface area (Å²) in [7, 11) is -3.86. The molecule has 1 unspecified atom stereocenters. The minimum absolute atomic E-state index is 0.0507. The number of nitro benzene ring substituents is 1. The summed E-state index contributed by atoms with van der Waals surface area (Å²) >= 11 is 0. The highest BCUT2D eigenvalue weighted by Crippen LogP contribution is 2.26.